The largest absolute Gasteiger partial charge is 0.352 e. The van der Waals surface area contributed by atoms with Gasteiger partial charge in [0.15, 0.2) is 0 Å². The Labute approximate surface area is 118 Å². The molecule has 0 saturated heterocycles. The van der Waals surface area contributed by atoms with Crippen molar-refractivity contribution >= 4 is 23.4 Å². The average molecular weight is 282 g/mol. The molecule has 0 fully saturated rings. The highest BCUT2D eigenvalue weighted by atomic mass is 32.2. The SMILES string of the molecule is CSCCCCCCNC(=O)c1cnccc1NN. The van der Waals surface area contributed by atoms with Gasteiger partial charge in [-0.3, -0.25) is 15.6 Å². The second kappa shape index (κ2) is 9.63. The Balaban J connectivity index is 2.24. The van der Waals surface area contributed by atoms with E-state index in [1.165, 1.54) is 24.8 Å². The molecule has 6 heteroatoms. The molecule has 0 aliphatic rings. The highest BCUT2D eigenvalue weighted by molar-refractivity contribution is 7.98. The molecular formula is C13H22N4OS. The van der Waals surface area contributed by atoms with Crippen molar-refractivity contribution in [2.45, 2.75) is 25.7 Å². The molecule has 1 amide bonds. The summed E-state index contributed by atoms with van der Waals surface area (Å²) >= 11 is 1.88. The second-order valence-electron chi connectivity index (χ2n) is 4.23. The van der Waals surface area contributed by atoms with Crippen LogP contribution in [0.3, 0.4) is 0 Å². The summed E-state index contributed by atoms with van der Waals surface area (Å²) in [5.41, 5.74) is 3.57. The number of aromatic nitrogens is 1. The Morgan fingerprint density at radius 2 is 2.16 bits per heavy atom. The van der Waals surface area contributed by atoms with E-state index in [9.17, 15) is 4.79 Å². The minimum absolute atomic E-state index is 0.134. The molecule has 1 heterocycles. The van der Waals surface area contributed by atoms with Crippen LogP contribution in [0.15, 0.2) is 18.5 Å². The van der Waals surface area contributed by atoms with E-state index in [2.05, 4.69) is 22.0 Å². The lowest BCUT2D eigenvalue weighted by atomic mass is 10.2. The van der Waals surface area contributed by atoms with Gasteiger partial charge in [-0.05, 0) is 30.9 Å². The molecule has 106 valence electrons. The number of thioether (sulfide) groups is 1. The van der Waals surface area contributed by atoms with Gasteiger partial charge in [0.2, 0.25) is 0 Å². The van der Waals surface area contributed by atoms with Crippen LogP contribution in [0.25, 0.3) is 0 Å². The molecule has 0 aliphatic carbocycles. The molecule has 0 aromatic carbocycles. The number of nitrogens with two attached hydrogens (primary N) is 1. The maximum absolute atomic E-state index is 11.9. The van der Waals surface area contributed by atoms with Gasteiger partial charge in [0.25, 0.3) is 5.91 Å². The minimum Gasteiger partial charge on any atom is -0.352 e. The molecule has 0 spiro atoms. The number of anilines is 1. The smallest absolute Gasteiger partial charge is 0.255 e. The Hall–Kier alpha value is -1.27. The van der Waals surface area contributed by atoms with Crippen molar-refractivity contribution in [3.8, 4) is 0 Å². The highest BCUT2D eigenvalue weighted by Gasteiger charge is 2.09. The van der Waals surface area contributed by atoms with Crippen molar-refractivity contribution in [1.82, 2.24) is 10.3 Å². The lowest BCUT2D eigenvalue weighted by Gasteiger charge is -2.08. The van der Waals surface area contributed by atoms with Gasteiger partial charge < -0.3 is 10.7 Å². The molecule has 0 radical (unpaired) electrons. The van der Waals surface area contributed by atoms with Crippen LogP contribution in [0.5, 0.6) is 0 Å². The number of hydrazine groups is 1. The summed E-state index contributed by atoms with van der Waals surface area (Å²) in [5.74, 6) is 6.43. The van der Waals surface area contributed by atoms with Gasteiger partial charge in [0.05, 0.1) is 11.3 Å². The predicted octanol–water partition coefficient (Wildman–Crippen LogP) is 2.02. The molecule has 5 nitrogen and oxygen atoms in total. The van der Waals surface area contributed by atoms with E-state index < -0.39 is 0 Å². The fraction of sp³-hybridized carbons (Fsp3) is 0.538. The topological polar surface area (TPSA) is 80.0 Å². The molecule has 19 heavy (non-hydrogen) atoms. The first-order valence-corrected chi connectivity index (χ1v) is 7.86. The first-order chi connectivity index (χ1) is 9.29. The van der Waals surface area contributed by atoms with E-state index in [1.807, 2.05) is 11.8 Å². The summed E-state index contributed by atoms with van der Waals surface area (Å²) in [6.45, 7) is 0.691. The molecule has 0 atom stereocenters. The molecule has 1 aromatic rings. The number of nitrogens with one attached hydrogen (secondary N) is 2. The third-order valence-electron chi connectivity index (χ3n) is 2.78. The van der Waals surface area contributed by atoms with E-state index in [0.29, 0.717) is 17.8 Å². The average Bonchev–Trinajstić information content (AvgIpc) is 2.46. The fourth-order valence-electron chi connectivity index (χ4n) is 1.72. The molecule has 1 aromatic heterocycles. The number of nitrogen functional groups attached to an aromatic ring is 1. The zero-order chi connectivity index (χ0) is 13.9. The highest BCUT2D eigenvalue weighted by Crippen LogP contribution is 2.11. The van der Waals surface area contributed by atoms with Crippen LogP contribution in [0.2, 0.25) is 0 Å². The van der Waals surface area contributed by atoms with Crippen molar-refractivity contribution in [3.05, 3.63) is 24.0 Å². The third kappa shape index (κ3) is 5.94. The van der Waals surface area contributed by atoms with Crippen molar-refractivity contribution in [2.75, 3.05) is 24.0 Å². The van der Waals surface area contributed by atoms with Gasteiger partial charge in [-0.15, -0.1) is 0 Å². The molecule has 0 bridgehead atoms. The van der Waals surface area contributed by atoms with Gasteiger partial charge >= 0.3 is 0 Å². The van der Waals surface area contributed by atoms with E-state index in [1.54, 1.807) is 12.3 Å². The number of nitrogens with zero attached hydrogens (tertiary/aromatic N) is 1. The lowest BCUT2D eigenvalue weighted by Crippen LogP contribution is -2.26. The molecule has 1 rings (SSSR count). The number of carbonyl (C=O) groups excluding carboxylic acids is 1. The van der Waals surface area contributed by atoms with Gasteiger partial charge in [-0.25, -0.2) is 0 Å². The van der Waals surface area contributed by atoms with Crippen LogP contribution >= 0.6 is 11.8 Å². The van der Waals surface area contributed by atoms with Crippen molar-refractivity contribution in [3.63, 3.8) is 0 Å². The van der Waals surface area contributed by atoms with Crippen LogP contribution in [0.4, 0.5) is 5.69 Å². The van der Waals surface area contributed by atoms with Gasteiger partial charge in [-0.1, -0.05) is 12.8 Å². The van der Waals surface area contributed by atoms with Crippen molar-refractivity contribution < 1.29 is 4.79 Å². The van der Waals surface area contributed by atoms with E-state index in [-0.39, 0.29) is 5.91 Å². The van der Waals surface area contributed by atoms with Crippen LogP contribution in [-0.2, 0) is 0 Å². The minimum atomic E-state index is -0.134. The maximum atomic E-state index is 11.9. The standard InChI is InChI=1S/C13H22N4OS/c1-19-9-5-3-2-4-7-16-13(18)11-10-15-8-6-12(11)17-14/h6,8,10H,2-5,7,9,14H2,1H3,(H,15,17)(H,16,18). The lowest BCUT2D eigenvalue weighted by molar-refractivity contribution is 0.0953. The van der Waals surface area contributed by atoms with Crippen LogP contribution in [-0.4, -0.2) is 29.4 Å². The number of unbranched alkanes of at least 4 members (excludes halogenated alkanes) is 3. The zero-order valence-electron chi connectivity index (χ0n) is 11.3. The van der Waals surface area contributed by atoms with E-state index >= 15 is 0 Å². The first-order valence-electron chi connectivity index (χ1n) is 6.47. The number of amides is 1. The number of hydrogen-bond donors (Lipinski definition) is 3. The number of carbonyl (C=O) groups is 1. The quantitative estimate of drug-likeness (QED) is 0.367. The summed E-state index contributed by atoms with van der Waals surface area (Å²) in [7, 11) is 0. The number of rotatable bonds is 9. The van der Waals surface area contributed by atoms with E-state index in [4.69, 9.17) is 5.84 Å². The maximum Gasteiger partial charge on any atom is 0.255 e. The molecule has 4 N–H and O–H groups in total. The molecular weight excluding hydrogens is 260 g/mol. The predicted molar refractivity (Wildman–Crippen MR) is 81.2 cm³/mol. The normalized spacial score (nSPS) is 10.2. The Bertz CT molecular complexity index is 387. The van der Waals surface area contributed by atoms with Gasteiger partial charge in [-0.2, -0.15) is 11.8 Å². The molecule has 0 unspecified atom stereocenters. The summed E-state index contributed by atoms with van der Waals surface area (Å²) < 4.78 is 0. The first kappa shape index (κ1) is 15.8. The second-order valence-corrected chi connectivity index (χ2v) is 5.21. The Kier molecular flexibility index (Phi) is 8.00. The fourth-order valence-corrected chi connectivity index (χ4v) is 2.22. The zero-order valence-corrected chi connectivity index (χ0v) is 12.1. The molecule has 0 aliphatic heterocycles. The molecule has 0 saturated carbocycles. The van der Waals surface area contributed by atoms with Crippen LogP contribution in [0, 0.1) is 0 Å². The Morgan fingerprint density at radius 3 is 2.89 bits per heavy atom. The summed E-state index contributed by atoms with van der Waals surface area (Å²) in [6, 6.07) is 1.68. The number of hydrogen-bond acceptors (Lipinski definition) is 5. The monoisotopic (exact) mass is 282 g/mol. The van der Waals surface area contributed by atoms with Crippen LogP contribution < -0.4 is 16.6 Å². The third-order valence-corrected chi connectivity index (χ3v) is 3.48. The van der Waals surface area contributed by atoms with Crippen molar-refractivity contribution in [1.29, 1.82) is 0 Å². The summed E-state index contributed by atoms with van der Waals surface area (Å²) in [4.78, 5) is 15.8. The number of pyridine rings is 1. The summed E-state index contributed by atoms with van der Waals surface area (Å²) in [6.07, 6.45) is 9.86. The summed E-state index contributed by atoms with van der Waals surface area (Å²) in [5, 5.41) is 2.88. The van der Waals surface area contributed by atoms with Crippen LogP contribution in [0.1, 0.15) is 36.0 Å². The van der Waals surface area contributed by atoms with Crippen molar-refractivity contribution in [2.24, 2.45) is 5.84 Å². The van der Waals surface area contributed by atoms with Gasteiger partial charge in [0.1, 0.15) is 0 Å². The van der Waals surface area contributed by atoms with Gasteiger partial charge in [0, 0.05) is 18.9 Å². The Morgan fingerprint density at radius 1 is 1.37 bits per heavy atom. The van der Waals surface area contributed by atoms with E-state index in [0.717, 1.165) is 12.8 Å².